The van der Waals surface area contributed by atoms with Crippen molar-refractivity contribution in [3.05, 3.63) is 12.7 Å². The van der Waals surface area contributed by atoms with Gasteiger partial charge in [-0.15, -0.1) is 0 Å². The topological polar surface area (TPSA) is 46.2 Å². The molecule has 0 amide bonds. The van der Waals surface area contributed by atoms with Crippen molar-refractivity contribution in [3.8, 4) is 0 Å². The molecule has 0 aliphatic heterocycles. The molecule has 0 N–H and O–H groups in total. The Morgan fingerprint density at radius 3 is 2.31 bits per heavy atom. The quantitative estimate of drug-likeness (QED) is 0.248. The molecule has 3 nitrogen and oxygen atoms in total. The molecule has 0 fully saturated rings. The molecule has 1 atom stereocenters. The largest absolute Gasteiger partial charge is 0.430 e. The minimum absolute atomic E-state index is 0.410. The van der Waals surface area contributed by atoms with Gasteiger partial charge in [-0.05, 0) is 6.42 Å². The van der Waals surface area contributed by atoms with Crippen LogP contribution in [0.4, 0.5) is 0 Å². The highest BCUT2D eigenvalue weighted by Crippen LogP contribution is 2.10. The number of hydrogen-bond donors (Lipinski definition) is 0. The van der Waals surface area contributed by atoms with Gasteiger partial charge in [0.25, 0.3) is 0 Å². The van der Waals surface area contributed by atoms with Crippen molar-refractivity contribution >= 4 is 5.97 Å². The van der Waals surface area contributed by atoms with E-state index >= 15 is 0 Å². The van der Waals surface area contributed by atoms with Crippen LogP contribution in [0.25, 0.3) is 0 Å². The Kier molecular flexibility index (Phi) is 10.1. The van der Waals surface area contributed by atoms with Crippen LogP contribution in [-0.2, 0) is 14.6 Å². The number of carbonyl (C=O) groups excluding carboxylic acids is 1. The predicted molar refractivity (Wildman–Crippen MR) is 63.4 cm³/mol. The normalized spacial score (nSPS) is 12.1. The lowest BCUT2D eigenvalue weighted by Crippen LogP contribution is -2.14. The zero-order valence-electron chi connectivity index (χ0n) is 10.2. The van der Waals surface area contributed by atoms with Crippen LogP contribution in [0, 0.1) is 0 Å². The number of hydrogen-bond acceptors (Lipinski definition) is 2. The Hall–Kier alpha value is -0.830. The van der Waals surface area contributed by atoms with Gasteiger partial charge >= 0.3 is 5.97 Å². The number of esters is 1. The molecule has 0 rings (SSSR count). The number of carbonyl (C=O) groups is 1. The maximum atomic E-state index is 11.1. The summed E-state index contributed by atoms with van der Waals surface area (Å²) >= 11 is 0. The van der Waals surface area contributed by atoms with Gasteiger partial charge in [0.05, 0.1) is 0 Å². The van der Waals surface area contributed by atoms with Crippen molar-refractivity contribution in [1.82, 2.24) is 0 Å². The number of rotatable bonds is 10. The Bertz CT molecular complexity index is 190. The maximum absolute atomic E-state index is 11.1. The van der Waals surface area contributed by atoms with E-state index in [-0.39, 0.29) is 0 Å². The predicted octanol–water partition coefficient (Wildman–Crippen LogP) is 3.61. The van der Waals surface area contributed by atoms with E-state index in [0.29, 0.717) is 6.42 Å². The van der Waals surface area contributed by atoms with E-state index in [9.17, 15) is 9.90 Å². The zero-order valence-corrected chi connectivity index (χ0v) is 10.2. The van der Waals surface area contributed by atoms with Crippen LogP contribution in [0.1, 0.15) is 58.3 Å². The highest BCUT2D eigenvalue weighted by molar-refractivity contribution is 5.81. The van der Waals surface area contributed by atoms with Gasteiger partial charge in [-0.2, -0.15) is 5.11 Å². The van der Waals surface area contributed by atoms with E-state index < -0.39 is 12.3 Å². The van der Waals surface area contributed by atoms with Crippen LogP contribution < -0.4 is 0 Å². The van der Waals surface area contributed by atoms with Gasteiger partial charge in [0.2, 0.25) is 6.29 Å². The standard InChI is InChI=1S/C13H23O3/c1-3-5-6-7-8-9-10-11-13(15)16-12(14)4-2/h4,13H,2-3,5-11H2,1H3. The van der Waals surface area contributed by atoms with Crippen molar-refractivity contribution in [1.29, 1.82) is 0 Å². The van der Waals surface area contributed by atoms with Gasteiger partial charge in [0.1, 0.15) is 0 Å². The van der Waals surface area contributed by atoms with Gasteiger partial charge in [-0.1, -0.05) is 52.0 Å². The van der Waals surface area contributed by atoms with E-state index in [1.54, 1.807) is 0 Å². The van der Waals surface area contributed by atoms with Gasteiger partial charge in [0.15, 0.2) is 0 Å². The second-order valence-electron chi connectivity index (χ2n) is 3.98. The minimum atomic E-state index is -1.22. The molecule has 0 aliphatic carbocycles. The van der Waals surface area contributed by atoms with Crippen LogP contribution in [0.2, 0.25) is 0 Å². The highest BCUT2D eigenvalue weighted by Gasteiger charge is 2.08. The average molecular weight is 227 g/mol. The third-order valence-electron chi connectivity index (χ3n) is 2.46. The molecular weight excluding hydrogens is 204 g/mol. The Morgan fingerprint density at radius 1 is 1.19 bits per heavy atom. The fraction of sp³-hybridized carbons (Fsp3) is 0.769. The van der Waals surface area contributed by atoms with Crippen molar-refractivity contribution < 1.29 is 14.6 Å². The van der Waals surface area contributed by atoms with Gasteiger partial charge < -0.3 is 4.74 Å². The fourth-order valence-electron chi connectivity index (χ4n) is 1.50. The summed E-state index contributed by atoms with van der Waals surface area (Å²) in [6.45, 7) is 5.43. The molecule has 3 heteroatoms. The summed E-state index contributed by atoms with van der Waals surface area (Å²) < 4.78 is 4.53. The van der Waals surface area contributed by atoms with E-state index in [1.807, 2.05) is 0 Å². The van der Waals surface area contributed by atoms with Gasteiger partial charge in [0, 0.05) is 12.5 Å². The molecule has 0 spiro atoms. The van der Waals surface area contributed by atoms with E-state index in [2.05, 4.69) is 18.2 Å². The molecule has 0 bridgehead atoms. The smallest absolute Gasteiger partial charge is 0.332 e. The Balaban J connectivity index is 3.24. The Morgan fingerprint density at radius 2 is 1.75 bits per heavy atom. The lowest BCUT2D eigenvalue weighted by molar-refractivity contribution is -0.174. The third kappa shape index (κ3) is 9.71. The van der Waals surface area contributed by atoms with Crippen LogP contribution >= 0.6 is 0 Å². The first kappa shape index (κ1) is 15.2. The van der Waals surface area contributed by atoms with Crippen LogP contribution in [0.5, 0.6) is 0 Å². The number of ether oxygens (including phenoxy) is 1. The van der Waals surface area contributed by atoms with Gasteiger partial charge in [-0.25, -0.2) is 4.79 Å². The fourth-order valence-corrected chi connectivity index (χ4v) is 1.50. The molecule has 0 aromatic heterocycles. The number of unbranched alkanes of at least 4 members (excludes halogenated alkanes) is 6. The Labute approximate surface area is 98.5 Å². The second kappa shape index (κ2) is 10.7. The van der Waals surface area contributed by atoms with Gasteiger partial charge in [-0.3, -0.25) is 0 Å². The summed E-state index contributed by atoms with van der Waals surface area (Å²) in [5.74, 6) is -0.622. The molecule has 16 heavy (non-hydrogen) atoms. The van der Waals surface area contributed by atoms with E-state index in [0.717, 1.165) is 18.9 Å². The highest BCUT2D eigenvalue weighted by atomic mass is 16.6. The monoisotopic (exact) mass is 227 g/mol. The molecule has 0 aromatic carbocycles. The summed E-state index contributed by atoms with van der Waals surface area (Å²) in [6, 6.07) is 0. The SMILES string of the molecule is C=CC(=O)OC([O])CCCCCCCCC. The second-order valence-corrected chi connectivity index (χ2v) is 3.98. The summed E-state index contributed by atoms with van der Waals surface area (Å²) in [5, 5.41) is 11.1. The molecule has 0 saturated heterocycles. The minimum Gasteiger partial charge on any atom is -0.430 e. The first-order valence-electron chi connectivity index (χ1n) is 6.19. The molecule has 0 aliphatic rings. The maximum Gasteiger partial charge on any atom is 0.332 e. The molecule has 0 saturated carbocycles. The van der Waals surface area contributed by atoms with E-state index in [1.165, 1.54) is 32.1 Å². The average Bonchev–Trinajstić information content (AvgIpc) is 2.27. The van der Waals surface area contributed by atoms with E-state index in [4.69, 9.17) is 0 Å². The molecular formula is C13H23O3. The molecule has 1 radical (unpaired) electrons. The summed E-state index contributed by atoms with van der Waals surface area (Å²) in [4.78, 5) is 10.7. The summed E-state index contributed by atoms with van der Waals surface area (Å²) in [5.41, 5.74) is 0. The molecule has 1 unspecified atom stereocenters. The molecule has 0 aromatic rings. The van der Waals surface area contributed by atoms with Crippen LogP contribution in [-0.4, -0.2) is 12.3 Å². The molecule has 0 heterocycles. The lowest BCUT2D eigenvalue weighted by Gasteiger charge is -2.07. The zero-order chi connectivity index (χ0) is 12.2. The molecule has 93 valence electrons. The lowest BCUT2D eigenvalue weighted by atomic mass is 10.1. The van der Waals surface area contributed by atoms with Crippen LogP contribution in [0.15, 0.2) is 12.7 Å². The summed E-state index contributed by atoms with van der Waals surface area (Å²) in [7, 11) is 0. The first-order chi connectivity index (χ1) is 7.70. The van der Waals surface area contributed by atoms with Crippen molar-refractivity contribution in [2.75, 3.05) is 0 Å². The van der Waals surface area contributed by atoms with Crippen molar-refractivity contribution in [2.45, 2.75) is 64.6 Å². The van der Waals surface area contributed by atoms with Crippen LogP contribution in [0.3, 0.4) is 0 Å². The van der Waals surface area contributed by atoms with Crippen molar-refractivity contribution in [2.24, 2.45) is 0 Å². The third-order valence-corrected chi connectivity index (χ3v) is 2.46. The first-order valence-corrected chi connectivity index (χ1v) is 6.19. The summed E-state index contributed by atoms with van der Waals surface area (Å²) in [6.07, 6.45) is 8.33. The van der Waals surface area contributed by atoms with Crippen molar-refractivity contribution in [3.63, 3.8) is 0 Å².